The van der Waals surface area contributed by atoms with Gasteiger partial charge in [0.15, 0.2) is 0 Å². The molecule has 0 saturated heterocycles. The van der Waals surface area contributed by atoms with E-state index in [1.807, 2.05) is 37.3 Å². The van der Waals surface area contributed by atoms with Gasteiger partial charge < -0.3 is 5.11 Å². The van der Waals surface area contributed by atoms with Crippen LogP contribution in [0.5, 0.6) is 0 Å². The summed E-state index contributed by atoms with van der Waals surface area (Å²) in [4.78, 5) is 11.1. The highest BCUT2D eigenvalue weighted by Gasteiger charge is 2.25. The number of rotatable bonds is 3. The number of carboxylic acid groups (broad SMARTS) is 1. The zero-order chi connectivity index (χ0) is 16.6. The minimum atomic E-state index is -0.912. The van der Waals surface area contributed by atoms with E-state index in [4.69, 9.17) is 5.11 Å². The fraction of sp³-hybridized carbons (Fsp3) is 0.105. The molecule has 3 rings (SSSR count). The summed E-state index contributed by atoms with van der Waals surface area (Å²) in [7, 11) is 0. The molecule has 0 bridgehead atoms. The predicted molar refractivity (Wildman–Crippen MR) is 98.3 cm³/mol. The van der Waals surface area contributed by atoms with E-state index >= 15 is 0 Å². The number of carbonyl (C=O) groups is 1. The number of fused-ring (bicyclic) bond motifs is 1. The summed E-state index contributed by atoms with van der Waals surface area (Å²) in [5, 5.41) is 9.14. The number of carboxylic acids is 1. The Hall–Kier alpha value is -1.95. The number of aliphatic carboxylic acids is 1. The number of allylic oxidation sites excluding steroid dienone is 2. The van der Waals surface area contributed by atoms with Gasteiger partial charge in [0.1, 0.15) is 5.82 Å². The minimum Gasteiger partial charge on any atom is -0.481 e. The minimum absolute atomic E-state index is 0.105. The second-order valence-electron chi connectivity index (χ2n) is 5.47. The molecule has 0 aliphatic heterocycles. The van der Waals surface area contributed by atoms with Crippen molar-refractivity contribution in [2.24, 2.45) is 0 Å². The third-order valence-corrected chi connectivity index (χ3v) is 4.68. The summed E-state index contributed by atoms with van der Waals surface area (Å²) in [6.45, 7) is 1.90. The van der Waals surface area contributed by atoms with Crippen LogP contribution in [-0.2, 0) is 4.79 Å². The molecule has 1 aliphatic carbocycles. The molecule has 0 atom stereocenters. The van der Waals surface area contributed by atoms with Crippen LogP contribution in [0.15, 0.2) is 48.0 Å². The van der Waals surface area contributed by atoms with Crippen molar-refractivity contribution >= 4 is 45.8 Å². The Morgan fingerprint density at radius 2 is 1.87 bits per heavy atom. The van der Waals surface area contributed by atoms with E-state index in [-0.39, 0.29) is 12.2 Å². The van der Waals surface area contributed by atoms with Crippen molar-refractivity contribution in [2.75, 3.05) is 0 Å². The lowest BCUT2D eigenvalue weighted by atomic mass is 10.0. The number of halogens is 2. The Labute approximate surface area is 147 Å². The normalized spacial score (nSPS) is 15.2. The van der Waals surface area contributed by atoms with Crippen LogP contribution >= 0.6 is 22.6 Å². The van der Waals surface area contributed by atoms with Crippen molar-refractivity contribution in [2.45, 2.75) is 13.3 Å². The molecule has 0 heterocycles. The van der Waals surface area contributed by atoms with Gasteiger partial charge in [-0.05, 0) is 93.3 Å². The van der Waals surface area contributed by atoms with Gasteiger partial charge in [-0.1, -0.05) is 18.2 Å². The van der Waals surface area contributed by atoms with E-state index in [0.29, 0.717) is 11.1 Å². The second-order valence-corrected chi connectivity index (χ2v) is 6.72. The van der Waals surface area contributed by atoms with Crippen molar-refractivity contribution in [3.63, 3.8) is 0 Å². The quantitative estimate of drug-likeness (QED) is 0.691. The van der Waals surface area contributed by atoms with Crippen molar-refractivity contribution < 1.29 is 14.3 Å². The lowest BCUT2D eigenvalue weighted by Gasteiger charge is -2.04. The lowest BCUT2D eigenvalue weighted by Crippen LogP contribution is -1.97. The number of hydrogen-bond acceptors (Lipinski definition) is 1. The third kappa shape index (κ3) is 3.22. The van der Waals surface area contributed by atoms with Crippen LogP contribution in [0.4, 0.5) is 4.39 Å². The maximum Gasteiger partial charge on any atom is 0.307 e. The molecule has 4 heteroatoms. The zero-order valence-corrected chi connectivity index (χ0v) is 14.6. The molecule has 1 aliphatic rings. The fourth-order valence-electron chi connectivity index (χ4n) is 2.86. The van der Waals surface area contributed by atoms with Gasteiger partial charge >= 0.3 is 5.97 Å². The Kier molecular flexibility index (Phi) is 4.35. The molecule has 0 spiro atoms. The van der Waals surface area contributed by atoms with E-state index < -0.39 is 5.97 Å². The fourth-order valence-corrected chi connectivity index (χ4v) is 3.22. The molecule has 1 N–H and O–H groups in total. The first-order valence-electron chi connectivity index (χ1n) is 7.15. The summed E-state index contributed by atoms with van der Waals surface area (Å²) < 4.78 is 14.8. The van der Waals surface area contributed by atoms with E-state index in [0.717, 1.165) is 25.8 Å². The molecule has 2 aromatic carbocycles. The summed E-state index contributed by atoms with van der Waals surface area (Å²) >= 11 is 2.25. The first-order valence-corrected chi connectivity index (χ1v) is 8.23. The number of hydrogen-bond donors (Lipinski definition) is 1. The Morgan fingerprint density at radius 1 is 1.17 bits per heavy atom. The maximum atomic E-state index is 13.6. The molecule has 0 saturated carbocycles. The summed E-state index contributed by atoms with van der Waals surface area (Å²) in [5.41, 5.74) is 5.14. The van der Waals surface area contributed by atoms with Crippen LogP contribution in [-0.4, -0.2) is 11.1 Å². The average molecular weight is 420 g/mol. The van der Waals surface area contributed by atoms with Crippen LogP contribution in [0.1, 0.15) is 30.0 Å². The summed E-state index contributed by atoms with van der Waals surface area (Å²) in [6, 6.07) is 12.6. The van der Waals surface area contributed by atoms with E-state index in [1.54, 1.807) is 6.07 Å². The molecule has 0 radical (unpaired) electrons. The second kappa shape index (κ2) is 6.28. The highest BCUT2D eigenvalue weighted by Crippen LogP contribution is 2.43. The summed E-state index contributed by atoms with van der Waals surface area (Å²) in [5.74, 6) is -1.26. The maximum absolute atomic E-state index is 13.6. The van der Waals surface area contributed by atoms with Gasteiger partial charge in [0, 0.05) is 3.57 Å². The average Bonchev–Trinajstić information content (AvgIpc) is 2.74. The van der Waals surface area contributed by atoms with Crippen molar-refractivity contribution in [3.8, 4) is 0 Å². The Morgan fingerprint density at radius 3 is 2.52 bits per heavy atom. The highest BCUT2D eigenvalue weighted by molar-refractivity contribution is 14.1. The molecular formula is C19H14FIO2. The van der Waals surface area contributed by atoms with Crippen molar-refractivity contribution in [1.29, 1.82) is 0 Å². The molecule has 2 aromatic rings. The lowest BCUT2D eigenvalue weighted by molar-refractivity contribution is -0.135. The van der Waals surface area contributed by atoms with Gasteiger partial charge in [0.05, 0.1) is 6.42 Å². The number of benzene rings is 2. The molecular weight excluding hydrogens is 406 g/mol. The first-order chi connectivity index (χ1) is 11.0. The van der Waals surface area contributed by atoms with Crippen LogP contribution < -0.4 is 0 Å². The zero-order valence-electron chi connectivity index (χ0n) is 12.4. The van der Waals surface area contributed by atoms with Crippen molar-refractivity contribution in [1.82, 2.24) is 0 Å². The smallest absolute Gasteiger partial charge is 0.307 e. The summed E-state index contributed by atoms with van der Waals surface area (Å²) in [6.07, 6.45) is 1.92. The van der Waals surface area contributed by atoms with Crippen LogP contribution in [0.3, 0.4) is 0 Å². The largest absolute Gasteiger partial charge is 0.481 e. The van der Waals surface area contributed by atoms with Gasteiger partial charge in [-0.25, -0.2) is 4.39 Å². The highest BCUT2D eigenvalue weighted by atomic mass is 127. The Balaban J connectivity index is 2.15. The predicted octanol–water partition coefficient (Wildman–Crippen LogP) is 5.23. The molecule has 0 fully saturated rings. The van der Waals surface area contributed by atoms with Gasteiger partial charge in [-0.2, -0.15) is 0 Å². The standard InChI is InChI=1S/C19H14FIO2/c1-11-16(8-12-2-5-14(21)6-3-12)15-7-4-13(20)9-18(15)17(11)10-19(22)23/h2-9H,10H2,1H3,(H,22,23)/b16-8+. The van der Waals surface area contributed by atoms with Gasteiger partial charge in [0.2, 0.25) is 0 Å². The van der Waals surface area contributed by atoms with Gasteiger partial charge in [0.25, 0.3) is 0 Å². The van der Waals surface area contributed by atoms with E-state index in [2.05, 4.69) is 22.6 Å². The molecule has 23 heavy (non-hydrogen) atoms. The third-order valence-electron chi connectivity index (χ3n) is 3.96. The monoisotopic (exact) mass is 420 g/mol. The van der Waals surface area contributed by atoms with Crippen LogP contribution in [0.25, 0.3) is 17.2 Å². The molecule has 0 aromatic heterocycles. The molecule has 0 unspecified atom stereocenters. The van der Waals surface area contributed by atoms with Gasteiger partial charge in [-0.15, -0.1) is 0 Å². The molecule has 116 valence electrons. The first kappa shape index (κ1) is 15.9. The molecule has 0 amide bonds. The topological polar surface area (TPSA) is 37.3 Å². The SMILES string of the molecule is CC1=C(CC(=O)O)c2cc(F)ccc2/C1=C/c1ccc(I)cc1. The van der Waals surface area contributed by atoms with Gasteiger partial charge in [-0.3, -0.25) is 4.79 Å². The van der Waals surface area contributed by atoms with Crippen LogP contribution in [0.2, 0.25) is 0 Å². The Bertz CT molecular complexity index is 848. The molecule has 2 nitrogen and oxygen atoms in total. The van der Waals surface area contributed by atoms with Crippen molar-refractivity contribution in [3.05, 3.63) is 74.1 Å². The van der Waals surface area contributed by atoms with Crippen LogP contribution in [0, 0.1) is 9.39 Å². The van der Waals surface area contributed by atoms with E-state index in [9.17, 15) is 9.18 Å². The van der Waals surface area contributed by atoms with E-state index in [1.165, 1.54) is 12.1 Å².